The maximum absolute atomic E-state index is 5.65. The fraction of sp³-hybridized carbons (Fsp3) is 0.571. The molecule has 2 heterocycles. The van der Waals surface area contributed by atoms with Crippen molar-refractivity contribution in [1.82, 2.24) is 0 Å². The molecule has 0 amide bonds. The van der Waals surface area contributed by atoms with Crippen LogP contribution >= 0.6 is 0 Å². The average molecular weight is 250 g/mol. The zero-order chi connectivity index (χ0) is 12.2. The molecule has 4 nitrogen and oxygen atoms in total. The van der Waals surface area contributed by atoms with Crippen molar-refractivity contribution < 1.29 is 18.9 Å². The van der Waals surface area contributed by atoms with Crippen LogP contribution < -0.4 is 9.47 Å². The second-order valence-corrected chi connectivity index (χ2v) is 4.66. The molecule has 2 aliphatic rings. The van der Waals surface area contributed by atoms with Gasteiger partial charge in [-0.05, 0) is 12.1 Å². The number of hydrogen-bond acceptors (Lipinski definition) is 4. The van der Waals surface area contributed by atoms with Gasteiger partial charge in [-0.2, -0.15) is 0 Å². The number of rotatable bonds is 8. The summed E-state index contributed by atoms with van der Waals surface area (Å²) in [6, 6.07) is 7.78. The molecule has 2 atom stereocenters. The molecule has 98 valence electrons. The lowest BCUT2D eigenvalue weighted by molar-refractivity contribution is 0.271. The van der Waals surface area contributed by atoms with E-state index >= 15 is 0 Å². The second-order valence-electron chi connectivity index (χ2n) is 4.66. The topological polar surface area (TPSA) is 43.5 Å². The molecule has 4 heteroatoms. The van der Waals surface area contributed by atoms with Gasteiger partial charge >= 0.3 is 0 Å². The lowest BCUT2D eigenvalue weighted by atomic mass is 10.3. The summed E-state index contributed by atoms with van der Waals surface area (Å²) >= 11 is 0. The molecular weight excluding hydrogens is 232 g/mol. The molecule has 0 saturated carbocycles. The Morgan fingerprint density at radius 1 is 0.944 bits per heavy atom. The first-order valence-corrected chi connectivity index (χ1v) is 6.49. The van der Waals surface area contributed by atoms with Gasteiger partial charge in [-0.1, -0.05) is 6.07 Å². The summed E-state index contributed by atoms with van der Waals surface area (Å²) in [5.41, 5.74) is 0. The van der Waals surface area contributed by atoms with Gasteiger partial charge in [0.25, 0.3) is 0 Å². The van der Waals surface area contributed by atoms with E-state index in [4.69, 9.17) is 18.9 Å². The fourth-order valence-electron chi connectivity index (χ4n) is 1.74. The average Bonchev–Trinajstić information content (AvgIpc) is 3.25. The second kappa shape index (κ2) is 5.59. The minimum atomic E-state index is 0.419. The molecule has 2 saturated heterocycles. The number of hydrogen-bond donors (Lipinski definition) is 0. The Morgan fingerprint density at radius 3 is 1.89 bits per heavy atom. The van der Waals surface area contributed by atoms with Crippen LogP contribution in [0.3, 0.4) is 0 Å². The summed E-state index contributed by atoms with van der Waals surface area (Å²) in [5, 5.41) is 0. The molecular formula is C14H18O4. The van der Waals surface area contributed by atoms with Crippen LogP contribution in [0.4, 0.5) is 0 Å². The summed E-state index contributed by atoms with van der Waals surface area (Å²) < 4.78 is 21.6. The van der Waals surface area contributed by atoms with Crippen LogP contribution in [-0.2, 0) is 9.47 Å². The first-order valence-electron chi connectivity index (χ1n) is 6.49. The monoisotopic (exact) mass is 250 g/mol. The number of epoxide rings is 2. The smallest absolute Gasteiger partial charge is 0.122 e. The summed E-state index contributed by atoms with van der Waals surface area (Å²) in [4.78, 5) is 0. The van der Waals surface area contributed by atoms with Crippen LogP contribution in [-0.4, -0.2) is 38.6 Å². The first kappa shape index (κ1) is 11.8. The van der Waals surface area contributed by atoms with Crippen LogP contribution in [0, 0.1) is 0 Å². The van der Waals surface area contributed by atoms with Gasteiger partial charge in [0.05, 0.1) is 38.6 Å². The van der Waals surface area contributed by atoms with E-state index in [1.54, 1.807) is 0 Å². The minimum Gasteiger partial charge on any atom is -0.493 e. The molecule has 18 heavy (non-hydrogen) atoms. The first-order chi connectivity index (χ1) is 8.90. The predicted octanol–water partition coefficient (Wildman–Crippen LogP) is 2.02. The molecule has 2 aliphatic heterocycles. The Morgan fingerprint density at radius 2 is 1.44 bits per heavy atom. The SMILES string of the molecule is c1cc(OCCC2CO2)cc(OCCC2CO2)c1. The van der Waals surface area contributed by atoms with Crippen molar-refractivity contribution in [3.8, 4) is 11.5 Å². The van der Waals surface area contributed by atoms with Crippen molar-refractivity contribution >= 4 is 0 Å². The molecule has 1 aromatic carbocycles. The highest BCUT2D eigenvalue weighted by Gasteiger charge is 2.22. The molecule has 0 radical (unpaired) electrons. The third-order valence-electron chi connectivity index (χ3n) is 3.03. The van der Waals surface area contributed by atoms with Gasteiger partial charge in [-0.25, -0.2) is 0 Å². The van der Waals surface area contributed by atoms with Crippen molar-refractivity contribution in [1.29, 1.82) is 0 Å². The third-order valence-corrected chi connectivity index (χ3v) is 3.03. The zero-order valence-corrected chi connectivity index (χ0v) is 10.3. The standard InChI is InChI=1S/C14H18O4/c1-2-11(15-6-4-13-9-17-13)8-12(3-1)16-7-5-14-10-18-14/h1-3,8,13-14H,4-7,9-10H2. The Balaban J connectivity index is 1.41. The lowest BCUT2D eigenvalue weighted by Gasteiger charge is -2.08. The fourth-order valence-corrected chi connectivity index (χ4v) is 1.74. The molecule has 0 bridgehead atoms. The zero-order valence-electron chi connectivity index (χ0n) is 10.3. The van der Waals surface area contributed by atoms with Gasteiger partial charge in [0.15, 0.2) is 0 Å². The van der Waals surface area contributed by atoms with E-state index in [2.05, 4.69) is 0 Å². The van der Waals surface area contributed by atoms with E-state index in [0.717, 1.165) is 37.6 Å². The number of ether oxygens (including phenoxy) is 4. The maximum Gasteiger partial charge on any atom is 0.122 e. The Kier molecular flexibility index (Phi) is 3.67. The van der Waals surface area contributed by atoms with Crippen LogP contribution in [0.15, 0.2) is 24.3 Å². The lowest BCUT2D eigenvalue weighted by Crippen LogP contribution is -2.03. The van der Waals surface area contributed by atoms with E-state index in [-0.39, 0.29) is 0 Å². The van der Waals surface area contributed by atoms with Crippen molar-refractivity contribution in [3.63, 3.8) is 0 Å². The van der Waals surface area contributed by atoms with E-state index in [0.29, 0.717) is 25.4 Å². The number of benzene rings is 1. The van der Waals surface area contributed by atoms with Gasteiger partial charge in [0, 0.05) is 18.9 Å². The van der Waals surface area contributed by atoms with Gasteiger partial charge in [-0.3, -0.25) is 0 Å². The van der Waals surface area contributed by atoms with Gasteiger partial charge in [-0.15, -0.1) is 0 Å². The minimum absolute atomic E-state index is 0.419. The van der Waals surface area contributed by atoms with Gasteiger partial charge in [0.1, 0.15) is 11.5 Å². The normalized spacial score (nSPS) is 24.7. The highest BCUT2D eigenvalue weighted by atomic mass is 16.6. The summed E-state index contributed by atoms with van der Waals surface area (Å²) in [5.74, 6) is 1.71. The highest BCUT2D eigenvalue weighted by molar-refractivity contribution is 5.32. The van der Waals surface area contributed by atoms with Crippen LogP contribution in [0.5, 0.6) is 11.5 Å². The Labute approximate surface area is 107 Å². The summed E-state index contributed by atoms with van der Waals surface area (Å²) in [7, 11) is 0. The molecule has 2 unspecified atom stereocenters. The van der Waals surface area contributed by atoms with Crippen LogP contribution in [0.25, 0.3) is 0 Å². The molecule has 0 N–H and O–H groups in total. The molecule has 0 spiro atoms. The van der Waals surface area contributed by atoms with Gasteiger partial charge < -0.3 is 18.9 Å². The Hall–Kier alpha value is -1.26. The predicted molar refractivity (Wildman–Crippen MR) is 66.1 cm³/mol. The van der Waals surface area contributed by atoms with E-state index < -0.39 is 0 Å². The highest BCUT2D eigenvalue weighted by Crippen LogP contribution is 2.22. The Bertz CT molecular complexity index is 352. The van der Waals surface area contributed by atoms with Crippen LogP contribution in [0.1, 0.15) is 12.8 Å². The van der Waals surface area contributed by atoms with Crippen molar-refractivity contribution in [3.05, 3.63) is 24.3 Å². The van der Waals surface area contributed by atoms with Crippen molar-refractivity contribution in [2.24, 2.45) is 0 Å². The summed E-state index contributed by atoms with van der Waals surface area (Å²) in [6.45, 7) is 3.17. The van der Waals surface area contributed by atoms with E-state index in [9.17, 15) is 0 Å². The van der Waals surface area contributed by atoms with Gasteiger partial charge in [0.2, 0.25) is 0 Å². The molecule has 3 rings (SSSR count). The molecule has 2 fully saturated rings. The molecule has 0 aromatic heterocycles. The third kappa shape index (κ3) is 3.89. The summed E-state index contributed by atoms with van der Waals surface area (Å²) in [6.07, 6.45) is 2.76. The largest absolute Gasteiger partial charge is 0.493 e. The molecule has 0 aliphatic carbocycles. The van der Waals surface area contributed by atoms with E-state index in [1.165, 1.54) is 0 Å². The molecule has 1 aromatic rings. The van der Waals surface area contributed by atoms with E-state index in [1.807, 2.05) is 24.3 Å². The van der Waals surface area contributed by atoms with Crippen LogP contribution in [0.2, 0.25) is 0 Å². The van der Waals surface area contributed by atoms with Crippen molar-refractivity contribution in [2.75, 3.05) is 26.4 Å². The maximum atomic E-state index is 5.65. The quantitative estimate of drug-likeness (QED) is 0.662. The van der Waals surface area contributed by atoms with Crippen molar-refractivity contribution in [2.45, 2.75) is 25.0 Å².